The molecule has 0 spiro atoms. The molecule has 0 radical (unpaired) electrons. The van der Waals surface area contributed by atoms with E-state index in [1.165, 1.54) is 57.6 Å². The molecule has 4 saturated carbocycles. The molecule has 5 rings (SSSR count). The van der Waals surface area contributed by atoms with Crippen molar-refractivity contribution in [2.45, 2.75) is 53.9 Å². The fourth-order valence-corrected chi connectivity index (χ4v) is 8.09. The van der Waals surface area contributed by atoms with Gasteiger partial charge in [-0.25, -0.2) is 25.9 Å². The SMILES string of the molecule is CN(C)S(=O)(=O)c1cccc(S(=O)(=O)NC23CC4CC(CC(C4)C2)C3)c1. The summed E-state index contributed by atoms with van der Waals surface area (Å²) >= 11 is 0. The van der Waals surface area contributed by atoms with Gasteiger partial charge in [-0.05, 0) is 74.5 Å². The molecule has 0 aromatic heterocycles. The van der Waals surface area contributed by atoms with Crippen molar-refractivity contribution in [2.24, 2.45) is 17.8 Å². The van der Waals surface area contributed by atoms with E-state index >= 15 is 0 Å². The molecule has 0 aliphatic heterocycles. The predicted molar refractivity (Wildman–Crippen MR) is 98.5 cm³/mol. The first kappa shape index (κ1) is 18.4. The van der Waals surface area contributed by atoms with E-state index in [-0.39, 0.29) is 15.3 Å². The summed E-state index contributed by atoms with van der Waals surface area (Å²) in [6, 6.07) is 5.65. The highest BCUT2D eigenvalue weighted by atomic mass is 32.2. The Morgan fingerprint density at radius 3 is 1.92 bits per heavy atom. The maximum atomic E-state index is 13.0. The van der Waals surface area contributed by atoms with Crippen LogP contribution in [0.1, 0.15) is 38.5 Å². The van der Waals surface area contributed by atoms with Gasteiger partial charge in [-0.3, -0.25) is 0 Å². The average molecular weight is 399 g/mol. The molecular formula is C18H26N2O4S2. The molecule has 1 aromatic rings. The van der Waals surface area contributed by atoms with Gasteiger partial charge in [-0.2, -0.15) is 0 Å². The number of benzene rings is 1. The second-order valence-corrected chi connectivity index (χ2v) is 12.4. The molecule has 0 saturated heterocycles. The van der Waals surface area contributed by atoms with E-state index in [1.54, 1.807) is 0 Å². The van der Waals surface area contributed by atoms with Gasteiger partial charge in [0.1, 0.15) is 0 Å². The van der Waals surface area contributed by atoms with E-state index in [1.807, 2.05) is 0 Å². The van der Waals surface area contributed by atoms with Gasteiger partial charge >= 0.3 is 0 Å². The van der Waals surface area contributed by atoms with Crippen LogP contribution in [0.25, 0.3) is 0 Å². The quantitative estimate of drug-likeness (QED) is 0.824. The number of rotatable bonds is 5. The molecule has 4 bridgehead atoms. The Balaban J connectivity index is 1.64. The van der Waals surface area contributed by atoms with Crippen molar-refractivity contribution in [3.8, 4) is 0 Å². The molecule has 1 aromatic carbocycles. The molecule has 6 nitrogen and oxygen atoms in total. The highest BCUT2D eigenvalue weighted by molar-refractivity contribution is 7.90. The molecule has 0 amide bonds. The van der Waals surface area contributed by atoms with Crippen molar-refractivity contribution in [2.75, 3.05) is 14.1 Å². The lowest BCUT2D eigenvalue weighted by Gasteiger charge is -2.56. The van der Waals surface area contributed by atoms with Gasteiger partial charge in [0.15, 0.2) is 0 Å². The van der Waals surface area contributed by atoms with Crippen LogP contribution in [0.5, 0.6) is 0 Å². The minimum atomic E-state index is -3.76. The second-order valence-electron chi connectivity index (χ2n) is 8.57. The topological polar surface area (TPSA) is 83.6 Å². The van der Waals surface area contributed by atoms with Gasteiger partial charge in [0, 0.05) is 19.6 Å². The molecule has 8 heteroatoms. The average Bonchev–Trinajstić information content (AvgIpc) is 2.52. The Kier molecular flexibility index (Phi) is 4.26. The highest BCUT2D eigenvalue weighted by Crippen LogP contribution is 2.55. The van der Waals surface area contributed by atoms with Gasteiger partial charge in [-0.15, -0.1) is 0 Å². The first-order chi connectivity index (χ1) is 12.1. The molecular weight excluding hydrogens is 372 g/mol. The van der Waals surface area contributed by atoms with Gasteiger partial charge in [0.2, 0.25) is 20.0 Å². The third-order valence-corrected chi connectivity index (χ3v) is 9.67. The minimum absolute atomic E-state index is 0.00381. The number of hydrogen-bond acceptors (Lipinski definition) is 4. The monoisotopic (exact) mass is 398 g/mol. The largest absolute Gasteiger partial charge is 0.242 e. The van der Waals surface area contributed by atoms with Crippen molar-refractivity contribution in [1.29, 1.82) is 0 Å². The third-order valence-electron chi connectivity index (χ3n) is 6.28. The minimum Gasteiger partial charge on any atom is -0.207 e. The molecule has 1 N–H and O–H groups in total. The predicted octanol–water partition coefficient (Wildman–Crippen LogP) is 2.18. The number of nitrogens with zero attached hydrogens (tertiary/aromatic N) is 1. The zero-order chi connectivity index (χ0) is 18.7. The van der Waals surface area contributed by atoms with E-state index in [0.717, 1.165) is 23.6 Å². The summed E-state index contributed by atoms with van der Waals surface area (Å²) in [5.41, 5.74) is -0.343. The van der Waals surface area contributed by atoms with Gasteiger partial charge in [0.25, 0.3) is 0 Å². The zero-order valence-electron chi connectivity index (χ0n) is 15.2. The Labute approximate surface area is 156 Å². The normalized spacial score (nSPS) is 33.7. The highest BCUT2D eigenvalue weighted by Gasteiger charge is 2.52. The van der Waals surface area contributed by atoms with Crippen LogP contribution in [-0.2, 0) is 20.0 Å². The standard InChI is InChI=1S/C18H26N2O4S2/c1-20(2)26(23,24)17-5-3-4-16(9-17)25(21,22)19-18-10-13-6-14(11-18)8-15(7-13)12-18/h3-5,9,13-15,19H,6-8,10-12H2,1-2H3. The van der Waals surface area contributed by atoms with Crippen LogP contribution in [0, 0.1) is 17.8 Å². The van der Waals surface area contributed by atoms with E-state index in [9.17, 15) is 16.8 Å². The fraction of sp³-hybridized carbons (Fsp3) is 0.667. The lowest BCUT2D eigenvalue weighted by atomic mass is 9.53. The van der Waals surface area contributed by atoms with Crippen molar-refractivity contribution >= 4 is 20.0 Å². The molecule has 26 heavy (non-hydrogen) atoms. The molecule has 144 valence electrons. The van der Waals surface area contributed by atoms with Crippen LogP contribution in [-0.4, -0.2) is 40.8 Å². The molecule has 4 fully saturated rings. The summed E-state index contributed by atoms with van der Waals surface area (Å²) in [5.74, 6) is 1.89. The second kappa shape index (κ2) is 6.02. The number of nitrogens with one attached hydrogen (secondary N) is 1. The summed E-state index contributed by atoms with van der Waals surface area (Å²) in [5, 5.41) is 0. The van der Waals surface area contributed by atoms with Crippen molar-refractivity contribution in [3.05, 3.63) is 24.3 Å². The molecule has 0 unspecified atom stereocenters. The molecule has 4 aliphatic rings. The molecule has 0 atom stereocenters. The Hall–Kier alpha value is -0.960. The van der Waals surface area contributed by atoms with Crippen LogP contribution < -0.4 is 4.72 Å². The maximum Gasteiger partial charge on any atom is 0.242 e. The summed E-state index contributed by atoms with van der Waals surface area (Å²) in [4.78, 5) is 0.0204. The van der Waals surface area contributed by atoms with E-state index in [4.69, 9.17) is 0 Å². The lowest BCUT2D eigenvalue weighted by molar-refractivity contribution is -0.00810. The van der Waals surface area contributed by atoms with E-state index in [0.29, 0.717) is 17.8 Å². The van der Waals surface area contributed by atoms with Crippen LogP contribution in [0.15, 0.2) is 34.1 Å². The van der Waals surface area contributed by atoms with Crippen molar-refractivity contribution in [1.82, 2.24) is 9.03 Å². The first-order valence-electron chi connectivity index (χ1n) is 9.16. The zero-order valence-corrected chi connectivity index (χ0v) is 16.8. The van der Waals surface area contributed by atoms with E-state index < -0.39 is 20.0 Å². The lowest BCUT2D eigenvalue weighted by Crippen LogP contribution is -2.59. The van der Waals surface area contributed by atoms with Crippen LogP contribution >= 0.6 is 0 Å². The fourth-order valence-electron chi connectivity index (χ4n) is 5.59. The van der Waals surface area contributed by atoms with Gasteiger partial charge < -0.3 is 0 Å². The summed E-state index contributed by atoms with van der Waals surface area (Å²) < 4.78 is 54.8. The summed E-state index contributed by atoms with van der Waals surface area (Å²) in [6.45, 7) is 0. The number of hydrogen-bond donors (Lipinski definition) is 1. The smallest absolute Gasteiger partial charge is 0.207 e. The van der Waals surface area contributed by atoms with Gasteiger partial charge in [0.05, 0.1) is 9.79 Å². The van der Waals surface area contributed by atoms with Crippen LogP contribution in [0.3, 0.4) is 0 Å². The number of sulfonamides is 2. The molecule has 4 aliphatic carbocycles. The Morgan fingerprint density at radius 2 is 1.42 bits per heavy atom. The summed E-state index contributed by atoms with van der Waals surface area (Å²) in [7, 11) is -4.57. The Bertz CT molecular complexity index is 887. The van der Waals surface area contributed by atoms with E-state index in [2.05, 4.69) is 4.72 Å². The first-order valence-corrected chi connectivity index (χ1v) is 12.1. The van der Waals surface area contributed by atoms with Crippen molar-refractivity contribution < 1.29 is 16.8 Å². The maximum absolute atomic E-state index is 13.0. The van der Waals surface area contributed by atoms with Crippen LogP contribution in [0.2, 0.25) is 0 Å². The Morgan fingerprint density at radius 1 is 0.923 bits per heavy atom. The third kappa shape index (κ3) is 3.10. The van der Waals surface area contributed by atoms with Crippen LogP contribution in [0.4, 0.5) is 0 Å². The van der Waals surface area contributed by atoms with Gasteiger partial charge in [-0.1, -0.05) is 6.07 Å². The summed E-state index contributed by atoms with van der Waals surface area (Å²) in [6.07, 6.45) is 6.43. The molecule has 0 heterocycles. The van der Waals surface area contributed by atoms with Crippen molar-refractivity contribution in [3.63, 3.8) is 0 Å².